The molecule has 1 heterocycles. The molecule has 0 radical (unpaired) electrons. The molecule has 1 aliphatic rings. The molecule has 1 fully saturated rings. The summed E-state index contributed by atoms with van der Waals surface area (Å²) < 4.78 is 27.2. The highest BCUT2D eigenvalue weighted by Gasteiger charge is 2.23. The fourth-order valence-electron chi connectivity index (χ4n) is 2.40. The molecular formula is C14H20F2N2. The van der Waals surface area contributed by atoms with Crippen LogP contribution in [-0.4, -0.2) is 30.6 Å². The van der Waals surface area contributed by atoms with E-state index < -0.39 is 0 Å². The average Bonchev–Trinajstić information content (AvgIpc) is 2.31. The zero-order valence-electron chi connectivity index (χ0n) is 11.1. The summed E-state index contributed by atoms with van der Waals surface area (Å²) in [4.78, 5) is 2.28. The lowest BCUT2D eigenvalue weighted by Crippen LogP contribution is -2.42. The fourth-order valence-corrected chi connectivity index (χ4v) is 2.40. The van der Waals surface area contributed by atoms with E-state index in [2.05, 4.69) is 24.2 Å². The van der Waals surface area contributed by atoms with Gasteiger partial charge < -0.3 is 10.2 Å². The number of piperidine rings is 1. The largest absolute Gasteiger partial charge is 0.380 e. The molecule has 2 atom stereocenters. The van der Waals surface area contributed by atoms with Crippen molar-refractivity contribution in [2.45, 2.75) is 38.8 Å². The lowest BCUT2D eigenvalue weighted by molar-refractivity contribution is 0.190. The summed E-state index contributed by atoms with van der Waals surface area (Å²) in [6, 6.07) is 3.19. The Balaban J connectivity index is 2.08. The van der Waals surface area contributed by atoms with E-state index in [1.165, 1.54) is 12.1 Å². The topological polar surface area (TPSA) is 15.3 Å². The van der Waals surface area contributed by atoms with Crippen LogP contribution in [0.3, 0.4) is 0 Å². The molecule has 1 aromatic carbocycles. The molecule has 0 bridgehead atoms. The minimum absolute atomic E-state index is 0.216. The molecule has 0 aliphatic carbocycles. The minimum atomic E-state index is -0.375. The van der Waals surface area contributed by atoms with Crippen molar-refractivity contribution in [3.63, 3.8) is 0 Å². The van der Waals surface area contributed by atoms with E-state index in [1.807, 2.05) is 0 Å². The van der Waals surface area contributed by atoms with E-state index in [0.29, 0.717) is 11.6 Å². The second kappa shape index (κ2) is 5.22. The Morgan fingerprint density at radius 1 is 1.28 bits per heavy atom. The van der Waals surface area contributed by atoms with Crippen LogP contribution in [0.1, 0.15) is 25.3 Å². The van der Waals surface area contributed by atoms with Crippen molar-refractivity contribution < 1.29 is 8.78 Å². The Bertz CT molecular complexity index is 434. The summed E-state index contributed by atoms with van der Waals surface area (Å²) in [6.07, 6.45) is 1.90. The third kappa shape index (κ3) is 2.80. The molecule has 18 heavy (non-hydrogen) atoms. The molecule has 100 valence electrons. The smallest absolute Gasteiger partial charge is 0.146 e. The second-order valence-electron chi connectivity index (χ2n) is 5.28. The Morgan fingerprint density at radius 3 is 2.67 bits per heavy atom. The van der Waals surface area contributed by atoms with Gasteiger partial charge in [-0.05, 0) is 45.4 Å². The summed E-state index contributed by atoms with van der Waals surface area (Å²) in [5, 5.41) is 3.13. The maximum atomic E-state index is 13.7. The van der Waals surface area contributed by atoms with Crippen molar-refractivity contribution in [2.75, 3.05) is 18.9 Å². The molecule has 4 heteroatoms. The Morgan fingerprint density at radius 2 is 2.00 bits per heavy atom. The van der Waals surface area contributed by atoms with Gasteiger partial charge in [-0.1, -0.05) is 0 Å². The number of rotatable bonds is 2. The first kappa shape index (κ1) is 13.3. The molecule has 2 unspecified atom stereocenters. The molecule has 1 aromatic rings. The SMILES string of the molecule is Cc1cc(F)c(NC2CCN(C)C(C)C2)cc1F. The highest BCUT2D eigenvalue weighted by Crippen LogP contribution is 2.23. The lowest BCUT2D eigenvalue weighted by atomic mass is 9.98. The Hall–Kier alpha value is -1.16. The van der Waals surface area contributed by atoms with Crippen LogP contribution in [0.15, 0.2) is 12.1 Å². The summed E-state index contributed by atoms with van der Waals surface area (Å²) >= 11 is 0. The van der Waals surface area contributed by atoms with E-state index in [-0.39, 0.29) is 23.4 Å². The highest BCUT2D eigenvalue weighted by molar-refractivity contribution is 5.47. The van der Waals surface area contributed by atoms with Crippen LogP contribution >= 0.6 is 0 Å². The predicted octanol–water partition coefficient (Wildman–Crippen LogP) is 3.17. The first-order chi connectivity index (χ1) is 8.47. The van der Waals surface area contributed by atoms with Gasteiger partial charge in [-0.15, -0.1) is 0 Å². The molecule has 0 saturated carbocycles. The third-order valence-corrected chi connectivity index (χ3v) is 3.82. The first-order valence-corrected chi connectivity index (χ1v) is 6.40. The van der Waals surface area contributed by atoms with Gasteiger partial charge in [0.1, 0.15) is 11.6 Å². The van der Waals surface area contributed by atoms with Crippen LogP contribution in [0.5, 0.6) is 0 Å². The summed E-state index contributed by atoms with van der Waals surface area (Å²) in [7, 11) is 2.09. The molecule has 0 amide bonds. The van der Waals surface area contributed by atoms with Crippen molar-refractivity contribution in [3.8, 4) is 0 Å². The lowest BCUT2D eigenvalue weighted by Gasteiger charge is -2.35. The molecule has 0 spiro atoms. The highest BCUT2D eigenvalue weighted by atomic mass is 19.1. The van der Waals surface area contributed by atoms with Crippen molar-refractivity contribution in [1.29, 1.82) is 0 Å². The van der Waals surface area contributed by atoms with Crippen molar-refractivity contribution >= 4 is 5.69 Å². The minimum Gasteiger partial charge on any atom is -0.380 e. The number of nitrogens with zero attached hydrogens (tertiary/aromatic N) is 1. The van der Waals surface area contributed by atoms with Crippen molar-refractivity contribution in [2.24, 2.45) is 0 Å². The van der Waals surface area contributed by atoms with Crippen LogP contribution in [0.25, 0.3) is 0 Å². The number of nitrogens with one attached hydrogen (secondary N) is 1. The van der Waals surface area contributed by atoms with E-state index in [1.54, 1.807) is 6.92 Å². The van der Waals surface area contributed by atoms with E-state index in [0.717, 1.165) is 19.4 Å². The summed E-state index contributed by atoms with van der Waals surface area (Å²) in [5.41, 5.74) is 0.620. The van der Waals surface area contributed by atoms with Crippen molar-refractivity contribution in [3.05, 3.63) is 29.3 Å². The molecule has 1 saturated heterocycles. The molecular weight excluding hydrogens is 234 g/mol. The van der Waals surface area contributed by atoms with Gasteiger partial charge in [0.15, 0.2) is 0 Å². The Labute approximate surface area is 107 Å². The molecule has 0 aromatic heterocycles. The standard InChI is InChI=1S/C14H20F2N2/c1-9-6-13(16)14(8-12(9)15)17-11-4-5-18(3)10(2)7-11/h6,8,10-11,17H,4-5,7H2,1-3H3. The van der Waals surface area contributed by atoms with E-state index in [4.69, 9.17) is 0 Å². The molecule has 2 rings (SSSR count). The monoisotopic (exact) mass is 254 g/mol. The molecule has 1 aliphatic heterocycles. The van der Waals surface area contributed by atoms with Gasteiger partial charge in [-0.25, -0.2) is 8.78 Å². The van der Waals surface area contributed by atoms with Crippen LogP contribution in [0.4, 0.5) is 14.5 Å². The third-order valence-electron chi connectivity index (χ3n) is 3.82. The van der Waals surface area contributed by atoms with Crippen LogP contribution < -0.4 is 5.32 Å². The number of halogens is 2. The van der Waals surface area contributed by atoms with Gasteiger partial charge in [0, 0.05) is 24.7 Å². The van der Waals surface area contributed by atoms with Crippen LogP contribution in [0, 0.1) is 18.6 Å². The van der Waals surface area contributed by atoms with Crippen molar-refractivity contribution in [1.82, 2.24) is 4.90 Å². The molecule has 2 nitrogen and oxygen atoms in total. The first-order valence-electron chi connectivity index (χ1n) is 6.40. The zero-order chi connectivity index (χ0) is 13.3. The normalized spacial score (nSPS) is 25.2. The van der Waals surface area contributed by atoms with Gasteiger partial charge in [-0.3, -0.25) is 0 Å². The number of anilines is 1. The second-order valence-corrected chi connectivity index (χ2v) is 5.28. The average molecular weight is 254 g/mol. The quantitative estimate of drug-likeness (QED) is 0.872. The number of hydrogen-bond acceptors (Lipinski definition) is 2. The Kier molecular flexibility index (Phi) is 3.85. The van der Waals surface area contributed by atoms with Gasteiger partial charge in [0.25, 0.3) is 0 Å². The van der Waals surface area contributed by atoms with Crippen LogP contribution in [0.2, 0.25) is 0 Å². The fraction of sp³-hybridized carbons (Fsp3) is 0.571. The van der Waals surface area contributed by atoms with Gasteiger partial charge in [0.05, 0.1) is 5.69 Å². The van der Waals surface area contributed by atoms with E-state index in [9.17, 15) is 8.78 Å². The maximum absolute atomic E-state index is 13.7. The summed E-state index contributed by atoms with van der Waals surface area (Å²) in [5.74, 6) is -0.736. The predicted molar refractivity (Wildman–Crippen MR) is 69.8 cm³/mol. The van der Waals surface area contributed by atoms with Gasteiger partial charge >= 0.3 is 0 Å². The maximum Gasteiger partial charge on any atom is 0.146 e. The van der Waals surface area contributed by atoms with Gasteiger partial charge in [-0.2, -0.15) is 0 Å². The number of hydrogen-bond donors (Lipinski definition) is 1. The number of aryl methyl sites for hydroxylation is 1. The number of benzene rings is 1. The number of likely N-dealkylation sites (tertiary alicyclic amines) is 1. The van der Waals surface area contributed by atoms with Gasteiger partial charge in [0.2, 0.25) is 0 Å². The zero-order valence-corrected chi connectivity index (χ0v) is 11.1. The summed E-state index contributed by atoms with van der Waals surface area (Å²) in [6.45, 7) is 4.70. The molecule has 1 N–H and O–H groups in total. The van der Waals surface area contributed by atoms with E-state index >= 15 is 0 Å². The van der Waals surface area contributed by atoms with Crippen LogP contribution in [-0.2, 0) is 0 Å².